The lowest BCUT2D eigenvalue weighted by Crippen LogP contribution is -2.37. The third-order valence-electron chi connectivity index (χ3n) is 5.78. The number of aliphatic carboxylic acids is 2. The fraction of sp³-hybridized carbons (Fsp3) is 0.500. The molecule has 210 valence electrons. The number of hydrogen-bond donors (Lipinski definition) is 2. The largest absolute Gasteiger partial charge is 0.490 e. The molecule has 2 atom stereocenters. The van der Waals surface area contributed by atoms with Crippen LogP contribution in [0.2, 0.25) is 0 Å². The number of likely N-dealkylation sites (tertiary alicyclic amines) is 2. The predicted molar refractivity (Wildman–Crippen MR) is 117 cm³/mol. The van der Waals surface area contributed by atoms with Gasteiger partial charge >= 0.3 is 24.3 Å². The summed E-state index contributed by atoms with van der Waals surface area (Å²) in [6.07, 6.45) is -4.82. The van der Waals surface area contributed by atoms with Crippen LogP contribution in [0.4, 0.5) is 26.3 Å². The highest BCUT2D eigenvalue weighted by atomic mass is 19.4. The number of carboxylic acids is 2. The fourth-order valence-electron chi connectivity index (χ4n) is 4.12. The van der Waals surface area contributed by atoms with E-state index in [-0.39, 0.29) is 5.91 Å². The number of pyridine rings is 1. The number of nitrogens with zero attached hydrogens (tertiary/aromatic N) is 5. The van der Waals surface area contributed by atoms with Crippen molar-refractivity contribution < 1.29 is 50.9 Å². The first-order valence-electron chi connectivity index (χ1n) is 11.0. The summed E-state index contributed by atoms with van der Waals surface area (Å²) in [5.74, 6) is -5.25. The van der Waals surface area contributed by atoms with Gasteiger partial charge in [-0.25, -0.2) is 9.59 Å². The van der Waals surface area contributed by atoms with Crippen LogP contribution in [0.15, 0.2) is 30.6 Å². The maximum Gasteiger partial charge on any atom is 0.490 e. The Morgan fingerprint density at radius 2 is 1.53 bits per heavy atom. The van der Waals surface area contributed by atoms with Crippen molar-refractivity contribution in [3.63, 3.8) is 0 Å². The molecule has 2 fully saturated rings. The summed E-state index contributed by atoms with van der Waals surface area (Å²) in [6.45, 7) is 4.60. The number of aryl methyl sites for hydroxylation is 2. The zero-order chi connectivity index (χ0) is 28.8. The van der Waals surface area contributed by atoms with Crippen molar-refractivity contribution in [3.05, 3.63) is 47.5 Å². The second-order valence-corrected chi connectivity index (χ2v) is 8.48. The molecule has 4 rings (SSSR count). The van der Waals surface area contributed by atoms with E-state index in [2.05, 4.69) is 38.1 Å². The zero-order valence-electron chi connectivity index (χ0n) is 20.2. The van der Waals surface area contributed by atoms with Gasteiger partial charge in [0.15, 0.2) is 0 Å². The molecule has 2 N–H and O–H groups in total. The van der Waals surface area contributed by atoms with E-state index < -0.39 is 24.3 Å². The lowest BCUT2D eigenvalue weighted by molar-refractivity contribution is -0.193. The molecular formula is C22H25F6N5O5. The van der Waals surface area contributed by atoms with Crippen LogP contribution in [0, 0.1) is 6.92 Å². The molecule has 0 radical (unpaired) electrons. The molecule has 0 aromatic carbocycles. The number of rotatable bonds is 4. The van der Waals surface area contributed by atoms with Gasteiger partial charge in [-0.15, -0.1) is 0 Å². The second-order valence-electron chi connectivity index (χ2n) is 8.48. The first-order valence-corrected chi connectivity index (χ1v) is 11.0. The van der Waals surface area contributed by atoms with Crippen LogP contribution in [-0.2, 0) is 34.5 Å². The first-order chi connectivity index (χ1) is 17.5. The van der Waals surface area contributed by atoms with Gasteiger partial charge in [0.1, 0.15) is 0 Å². The Morgan fingerprint density at radius 1 is 1.00 bits per heavy atom. The molecule has 0 bridgehead atoms. The Kier molecular flexibility index (Phi) is 9.83. The summed E-state index contributed by atoms with van der Waals surface area (Å²) >= 11 is 0. The molecule has 1 amide bonds. The summed E-state index contributed by atoms with van der Waals surface area (Å²) in [6, 6.07) is 6.85. The van der Waals surface area contributed by atoms with E-state index in [4.69, 9.17) is 19.8 Å². The van der Waals surface area contributed by atoms with E-state index in [1.807, 2.05) is 31.0 Å². The van der Waals surface area contributed by atoms with Crippen LogP contribution < -0.4 is 0 Å². The minimum Gasteiger partial charge on any atom is -0.475 e. The second kappa shape index (κ2) is 12.2. The third kappa shape index (κ3) is 8.43. The molecule has 2 aromatic heterocycles. The maximum absolute atomic E-state index is 12.6. The average Bonchev–Trinajstić information content (AvgIpc) is 3.43. The molecule has 2 saturated heterocycles. The normalized spacial score (nSPS) is 19.3. The van der Waals surface area contributed by atoms with E-state index in [0.717, 1.165) is 30.9 Å². The van der Waals surface area contributed by atoms with Gasteiger partial charge < -0.3 is 15.1 Å². The van der Waals surface area contributed by atoms with Crippen LogP contribution in [0.1, 0.15) is 29.8 Å². The van der Waals surface area contributed by atoms with Crippen LogP contribution in [-0.4, -0.2) is 83.6 Å². The Labute approximate surface area is 212 Å². The molecule has 38 heavy (non-hydrogen) atoms. The zero-order valence-corrected chi connectivity index (χ0v) is 20.2. The van der Waals surface area contributed by atoms with E-state index in [9.17, 15) is 31.1 Å². The molecule has 0 saturated carbocycles. The third-order valence-corrected chi connectivity index (χ3v) is 5.78. The number of alkyl halides is 6. The molecule has 2 aliphatic heterocycles. The minimum absolute atomic E-state index is 0.267. The average molecular weight is 553 g/mol. The molecule has 0 unspecified atom stereocenters. The number of halogens is 6. The molecule has 10 nitrogen and oxygen atoms in total. The SMILES string of the molecule is Cc1cc(CN2C(=O)C[C@H]3[C@@H]2CCN3Cc2ccncc2)n(C)n1.O=C(O)C(F)(F)F.O=C(O)C(F)(F)F. The maximum atomic E-state index is 12.6. The monoisotopic (exact) mass is 553 g/mol. The summed E-state index contributed by atoms with van der Waals surface area (Å²) in [7, 11) is 1.95. The van der Waals surface area contributed by atoms with Crippen molar-refractivity contribution in [1.82, 2.24) is 24.6 Å². The van der Waals surface area contributed by atoms with E-state index >= 15 is 0 Å². The Bertz CT molecular complexity index is 1100. The van der Waals surface area contributed by atoms with Gasteiger partial charge in [-0.3, -0.25) is 19.4 Å². The lowest BCUT2D eigenvalue weighted by atomic mass is 10.1. The molecule has 2 aliphatic rings. The van der Waals surface area contributed by atoms with Crippen LogP contribution in [0.25, 0.3) is 0 Å². The Balaban J connectivity index is 0.000000301. The number of carboxylic acid groups (broad SMARTS) is 2. The number of carbonyl (C=O) groups excluding carboxylic acids is 1. The quantitative estimate of drug-likeness (QED) is 0.554. The summed E-state index contributed by atoms with van der Waals surface area (Å²) in [5, 5.41) is 18.6. The van der Waals surface area contributed by atoms with Gasteiger partial charge in [0.2, 0.25) is 5.91 Å². The standard InChI is InChI=1S/C18H23N5O.2C2HF3O2/c1-13-9-15(21(2)20-13)12-23-16-5-8-22(17(16)10-18(23)24)11-14-3-6-19-7-4-14;2*3-2(4,5)1(6)7/h3-4,6-7,9,16-17H,5,8,10-12H2,1-2H3;2*(H,6,7)/t16-,17-;;/m0../s1. The highest BCUT2D eigenvalue weighted by Crippen LogP contribution is 2.34. The number of hydrogen-bond acceptors (Lipinski definition) is 6. The summed E-state index contributed by atoms with van der Waals surface area (Å²) in [4.78, 5) is 39.0. The van der Waals surface area contributed by atoms with Crippen molar-refractivity contribution in [1.29, 1.82) is 0 Å². The van der Waals surface area contributed by atoms with Crippen molar-refractivity contribution in [2.75, 3.05) is 6.54 Å². The number of carbonyl (C=O) groups is 3. The smallest absolute Gasteiger partial charge is 0.475 e. The predicted octanol–water partition coefficient (Wildman–Crippen LogP) is 2.77. The van der Waals surface area contributed by atoms with Crippen molar-refractivity contribution in [2.45, 2.75) is 57.3 Å². The topological polar surface area (TPSA) is 129 Å². The van der Waals surface area contributed by atoms with Gasteiger partial charge in [-0.1, -0.05) is 0 Å². The molecule has 4 heterocycles. The number of amides is 1. The Morgan fingerprint density at radius 3 is 1.97 bits per heavy atom. The summed E-state index contributed by atoms with van der Waals surface area (Å²) in [5.41, 5.74) is 3.37. The van der Waals surface area contributed by atoms with Gasteiger partial charge in [0.25, 0.3) is 0 Å². The van der Waals surface area contributed by atoms with Crippen molar-refractivity contribution in [2.24, 2.45) is 7.05 Å². The van der Waals surface area contributed by atoms with E-state index in [0.29, 0.717) is 25.0 Å². The van der Waals surface area contributed by atoms with E-state index in [1.54, 1.807) is 0 Å². The lowest BCUT2D eigenvalue weighted by Gasteiger charge is -2.25. The fourth-order valence-corrected chi connectivity index (χ4v) is 4.12. The van der Waals surface area contributed by atoms with Gasteiger partial charge in [0.05, 0.1) is 17.9 Å². The highest BCUT2D eigenvalue weighted by molar-refractivity contribution is 5.80. The summed E-state index contributed by atoms with van der Waals surface area (Å²) < 4.78 is 65.4. The molecule has 0 spiro atoms. The van der Waals surface area contributed by atoms with Crippen molar-refractivity contribution in [3.8, 4) is 0 Å². The molecule has 2 aromatic rings. The first kappa shape index (κ1) is 30.5. The highest BCUT2D eigenvalue weighted by Gasteiger charge is 2.46. The van der Waals surface area contributed by atoms with Gasteiger partial charge in [0, 0.05) is 51.0 Å². The van der Waals surface area contributed by atoms with Gasteiger partial charge in [-0.05, 0) is 37.1 Å². The van der Waals surface area contributed by atoms with Crippen LogP contribution in [0.3, 0.4) is 0 Å². The molecule has 0 aliphatic carbocycles. The number of fused-ring (bicyclic) bond motifs is 1. The number of aromatic nitrogens is 3. The molecule has 16 heteroatoms. The van der Waals surface area contributed by atoms with Gasteiger partial charge in [-0.2, -0.15) is 31.4 Å². The molecular weight excluding hydrogens is 528 g/mol. The minimum atomic E-state index is -5.08. The van der Waals surface area contributed by atoms with Crippen LogP contribution in [0.5, 0.6) is 0 Å². The van der Waals surface area contributed by atoms with Crippen LogP contribution >= 0.6 is 0 Å². The van der Waals surface area contributed by atoms with Crippen molar-refractivity contribution >= 4 is 17.8 Å². The van der Waals surface area contributed by atoms with E-state index in [1.165, 1.54) is 5.56 Å². The Hall–Kier alpha value is -3.69.